The van der Waals surface area contributed by atoms with Crippen LogP contribution in [-0.2, 0) is 56.0 Å². The molecule has 0 saturated carbocycles. The minimum atomic E-state index is -1.42. The lowest BCUT2D eigenvalue weighted by Gasteiger charge is -2.31. The number of Topliss-reactive ketones (excluding diaryl/α,β-unsaturated/α-hetero) is 3. The number of para-hydroxylation sites is 1. The van der Waals surface area contributed by atoms with Gasteiger partial charge in [0.2, 0.25) is 35.4 Å². The molecule has 406 valence electrons. The zero-order valence-corrected chi connectivity index (χ0v) is 42.5. The molecule has 2 aliphatic heterocycles. The number of rotatable bonds is 16. The van der Waals surface area contributed by atoms with Gasteiger partial charge in [0.15, 0.2) is 17.7 Å². The molecule has 0 unspecified atom stereocenters. The van der Waals surface area contributed by atoms with E-state index in [0.29, 0.717) is 12.0 Å². The molecule has 15 N–H and O–H groups in total. The Morgan fingerprint density at radius 2 is 1.45 bits per heavy atom. The van der Waals surface area contributed by atoms with Crippen LogP contribution in [0.1, 0.15) is 108 Å². The quantitative estimate of drug-likeness (QED) is 0.0538. The van der Waals surface area contributed by atoms with Crippen LogP contribution in [-0.4, -0.2) is 124 Å². The standard InChI is InChI=1S/C52H72FN13O9/c1-30(67)62-40(18-9-23-60-52(57)58)48(73)64-41-21-20-35(68)13-3-6-17-39(46(54)71)63-47(72)33(25-34-29-61-38-16-7-4-14-36(34)38)28-44(69)32(12-8-22-59-51(55)56)27-45(70)42(26-31-11-2-5-15-37(31)53)65-49(74)43-19-10-24-66(43)50(41)75/h2,4-5,7,11,14-16,29,32-33,39-43,61H,3,6,8-10,12-13,17-28H2,1H3,(H2,54,71)(H,62,67)(H,63,72)(H,64,73)(H,65,74)(H4,55,56,59)(H4,57,58,60)/t32-,33-,39+,40+,41+,42-,43+/m1/s1. The number of aromatic nitrogens is 1. The molecule has 0 radical (unpaired) electrons. The third-order valence-electron chi connectivity index (χ3n) is 13.6. The van der Waals surface area contributed by atoms with E-state index in [1.807, 2.05) is 24.3 Å². The van der Waals surface area contributed by atoms with Crippen molar-refractivity contribution in [1.29, 1.82) is 0 Å². The minimum absolute atomic E-state index is 0.00201. The molecule has 2 aliphatic rings. The molecule has 7 atom stereocenters. The summed E-state index contributed by atoms with van der Waals surface area (Å²) in [5, 5.41) is 11.6. The van der Waals surface area contributed by atoms with Crippen LogP contribution in [0.2, 0.25) is 0 Å². The highest BCUT2D eigenvalue weighted by Crippen LogP contribution is 2.27. The van der Waals surface area contributed by atoms with E-state index < -0.39 is 101 Å². The Bertz CT molecular complexity index is 2590. The molecule has 75 heavy (non-hydrogen) atoms. The van der Waals surface area contributed by atoms with Crippen molar-refractivity contribution >= 4 is 75.6 Å². The van der Waals surface area contributed by atoms with Gasteiger partial charge in [0.1, 0.15) is 41.6 Å². The highest BCUT2D eigenvalue weighted by Gasteiger charge is 2.40. The summed E-state index contributed by atoms with van der Waals surface area (Å²) in [5.74, 6) is -8.73. The van der Waals surface area contributed by atoms with E-state index in [0.717, 1.165) is 10.9 Å². The van der Waals surface area contributed by atoms with Gasteiger partial charge in [-0.2, -0.15) is 0 Å². The molecule has 0 aliphatic carbocycles. The van der Waals surface area contributed by atoms with Crippen LogP contribution in [0, 0.1) is 17.7 Å². The lowest BCUT2D eigenvalue weighted by atomic mass is 9.83. The third-order valence-corrected chi connectivity index (χ3v) is 13.6. The summed E-state index contributed by atoms with van der Waals surface area (Å²) in [6.45, 7) is 1.53. The maximum absolute atomic E-state index is 15.4. The first-order chi connectivity index (χ1) is 35.8. The van der Waals surface area contributed by atoms with Crippen molar-refractivity contribution in [3.8, 4) is 0 Å². The maximum Gasteiger partial charge on any atom is 0.245 e. The Kier molecular flexibility index (Phi) is 22.2. The number of H-pyrrole nitrogens is 1. The SMILES string of the molecule is CC(=O)N[C@@H](CCCN=C(N)N)C(=O)N[C@H]1CCC(=O)CCCC[C@@H](C(N)=O)NC(=O)[C@H](Cc2c[nH]c3ccccc23)CC(=O)[C@H](CCCN=C(N)N)CC(=O)[C@@H](Cc2ccccc2F)NC(=O)[C@@H]2CCCN2C1=O. The number of ketones is 3. The molecule has 22 nitrogen and oxygen atoms in total. The largest absolute Gasteiger partial charge is 0.370 e. The summed E-state index contributed by atoms with van der Waals surface area (Å²) in [6, 6.07) is 6.82. The fourth-order valence-electron chi connectivity index (χ4n) is 9.66. The fraction of sp³-hybridized carbons (Fsp3) is 0.519. The van der Waals surface area contributed by atoms with Crippen molar-refractivity contribution in [2.24, 2.45) is 50.5 Å². The topological polar surface area (TPSA) is 376 Å². The molecule has 0 bridgehead atoms. The van der Waals surface area contributed by atoms with Gasteiger partial charge in [0.05, 0.1) is 6.04 Å². The minimum Gasteiger partial charge on any atom is -0.370 e. The number of nitrogens with zero attached hydrogens (tertiary/aromatic N) is 3. The van der Waals surface area contributed by atoms with Gasteiger partial charge in [-0.15, -0.1) is 0 Å². The second kappa shape index (κ2) is 28.7. The summed E-state index contributed by atoms with van der Waals surface area (Å²) < 4.78 is 15.4. The van der Waals surface area contributed by atoms with E-state index >= 15 is 4.39 Å². The molecule has 3 heterocycles. The first kappa shape index (κ1) is 58.2. The Hall–Kier alpha value is -7.72. The number of benzene rings is 2. The molecule has 5 rings (SSSR count). The van der Waals surface area contributed by atoms with Crippen molar-refractivity contribution < 1.29 is 47.5 Å². The molecule has 2 aromatic carbocycles. The Morgan fingerprint density at radius 3 is 2.16 bits per heavy atom. The molecular weight excluding hydrogens is 970 g/mol. The van der Waals surface area contributed by atoms with E-state index in [9.17, 15) is 43.2 Å². The Balaban J connectivity index is 1.53. The number of nitrogens with one attached hydrogen (secondary N) is 5. The maximum atomic E-state index is 15.4. The average Bonchev–Trinajstić information content (AvgIpc) is 4.03. The highest BCUT2D eigenvalue weighted by molar-refractivity contribution is 5.98. The average molecular weight is 1040 g/mol. The molecule has 6 amide bonds. The van der Waals surface area contributed by atoms with Gasteiger partial charge < -0.3 is 59.8 Å². The van der Waals surface area contributed by atoms with Gasteiger partial charge >= 0.3 is 0 Å². The lowest BCUT2D eigenvalue weighted by molar-refractivity contribution is -0.142. The molecule has 23 heteroatoms. The second-order valence-corrected chi connectivity index (χ2v) is 19.3. The number of aromatic amines is 1. The number of hydrogen-bond acceptors (Lipinski definition) is 11. The van der Waals surface area contributed by atoms with Crippen molar-refractivity contribution in [3.63, 3.8) is 0 Å². The van der Waals surface area contributed by atoms with Gasteiger partial charge in [0, 0.05) is 87.6 Å². The summed E-state index contributed by atoms with van der Waals surface area (Å²) in [6.07, 6.45) is 1.96. The second-order valence-electron chi connectivity index (χ2n) is 19.3. The van der Waals surface area contributed by atoms with E-state index in [1.54, 1.807) is 12.3 Å². The lowest BCUT2D eigenvalue weighted by Crippen LogP contribution is -2.57. The summed E-state index contributed by atoms with van der Waals surface area (Å²) in [5.41, 5.74) is 29.5. The van der Waals surface area contributed by atoms with Gasteiger partial charge in [0.25, 0.3) is 0 Å². The van der Waals surface area contributed by atoms with Crippen molar-refractivity contribution in [3.05, 3.63) is 71.7 Å². The monoisotopic (exact) mass is 1040 g/mol. The third kappa shape index (κ3) is 18.0. The number of fused-ring (bicyclic) bond motifs is 2. The number of primary amides is 1. The van der Waals surface area contributed by atoms with Crippen LogP contribution >= 0.6 is 0 Å². The molecular formula is C52H72FN13O9. The van der Waals surface area contributed by atoms with E-state index in [2.05, 4.69) is 36.2 Å². The van der Waals surface area contributed by atoms with Crippen molar-refractivity contribution in [2.45, 2.75) is 140 Å². The Labute approximate surface area is 434 Å². The highest BCUT2D eigenvalue weighted by atomic mass is 19.1. The van der Waals surface area contributed by atoms with E-state index in [4.69, 9.17) is 28.7 Å². The molecule has 0 spiro atoms. The molecule has 3 aromatic rings. The Morgan fingerprint density at radius 1 is 0.760 bits per heavy atom. The number of amides is 6. The van der Waals surface area contributed by atoms with E-state index in [1.165, 1.54) is 30.0 Å². The summed E-state index contributed by atoms with van der Waals surface area (Å²) in [7, 11) is 0. The first-order valence-electron chi connectivity index (χ1n) is 25.6. The number of nitrogens with two attached hydrogens (primary N) is 5. The molecule has 1 aromatic heterocycles. The number of carbonyl (C=O) groups is 9. The normalized spacial score (nSPS) is 22.3. The number of hydrogen-bond donors (Lipinski definition) is 10. The summed E-state index contributed by atoms with van der Waals surface area (Å²) >= 11 is 0. The van der Waals surface area contributed by atoms with Crippen LogP contribution in [0.3, 0.4) is 0 Å². The van der Waals surface area contributed by atoms with Gasteiger partial charge in [-0.1, -0.05) is 42.8 Å². The molecule has 2 fully saturated rings. The fourth-order valence-corrected chi connectivity index (χ4v) is 9.66. The van der Waals surface area contributed by atoms with Crippen LogP contribution in [0.5, 0.6) is 0 Å². The van der Waals surface area contributed by atoms with Crippen LogP contribution < -0.4 is 49.9 Å². The number of halogens is 1. The predicted molar refractivity (Wildman–Crippen MR) is 278 cm³/mol. The number of carbonyl (C=O) groups excluding carboxylic acids is 9. The summed E-state index contributed by atoms with van der Waals surface area (Å²) in [4.78, 5) is 138. The first-order valence-corrected chi connectivity index (χ1v) is 25.6. The number of aliphatic imine (C=N–C) groups is 2. The van der Waals surface area contributed by atoms with Crippen LogP contribution in [0.15, 0.2) is 64.7 Å². The van der Waals surface area contributed by atoms with Crippen LogP contribution in [0.25, 0.3) is 10.9 Å². The zero-order chi connectivity index (χ0) is 54.6. The van der Waals surface area contributed by atoms with Gasteiger partial charge in [-0.3, -0.25) is 53.1 Å². The van der Waals surface area contributed by atoms with Crippen LogP contribution in [0.4, 0.5) is 4.39 Å². The zero-order valence-electron chi connectivity index (χ0n) is 42.5. The van der Waals surface area contributed by atoms with E-state index in [-0.39, 0.29) is 133 Å². The van der Waals surface area contributed by atoms with Crippen molar-refractivity contribution in [1.82, 2.24) is 31.2 Å². The van der Waals surface area contributed by atoms with Gasteiger partial charge in [-0.05, 0) is 87.5 Å². The number of guanidine groups is 2. The van der Waals surface area contributed by atoms with Gasteiger partial charge in [-0.25, -0.2) is 4.39 Å². The smallest absolute Gasteiger partial charge is 0.245 e. The van der Waals surface area contributed by atoms with Crippen molar-refractivity contribution in [2.75, 3.05) is 19.6 Å². The molecule has 2 saturated heterocycles. The predicted octanol–water partition coefficient (Wildman–Crippen LogP) is 0.709.